The molecule has 0 radical (unpaired) electrons. The summed E-state index contributed by atoms with van der Waals surface area (Å²) in [6.07, 6.45) is 0. The van der Waals surface area contributed by atoms with E-state index in [9.17, 15) is 0 Å². The van der Waals surface area contributed by atoms with Gasteiger partial charge in [-0.2, -0.15) is 0 Å². The van der Waals surface area contributed by atoms with Crippen molar-refractivity contribution in [3.63, 3.8) is 0 Å². The molecule has 1 spiro atoms. The predicted octanol–water partition coefficient (Wildman–Crippen LogP) is 14.8. The minimum Gasteiger partial charge on any atom is -0.228 e. The minimum absolute atomic E-state index is 0.366. The maximum Gasteiger partial charge on any atom is 0.160 e. The number of nitrogens with zero attached hydrogens (tertiary/aromatic N) is 2. The van der Waals surface area contributed by atoms with Crippen LogP contribution < -0.4 is 0 Å². The summed E-state index contributed by atoms with van der Waals surface area (Å²) in [5.74, 6) is 0.705. The third-order valence-electron chi connectivity index (χ3n) is 12.8. The van der Waals surface area contributed by atoms with Gasteiger partial charge in [-0.1, -0.05) is 218 Å². The van der Waals surface area contributed by atoms with E-state index in [1.54, 1.807) is 0 Å². The molecule has 61 heavy (non-hydrogen) atoms. The van der Waals surface area contributed by atoms with Crippen molar-refractivity contribution in [2.24, 2.45) is 0 Å². The van der Waals surface area contributed by atoms with Crippen LogP contribution in [0.15, 0.2) is 231 Å². The maximum absolute atomic E-state index is 5.16. The Labute approximate surface area is 356 Å². The first-order valence-corrected chi connectivity index (χ1v) is 21.0. The zero-order chi connectivity index (χ0) is 40.3. The van der Waals surface area contributed by atoms with Crippen molar-refractivity contribution in [2.75, 3.05) is 0 Å². The van der Waals surface area contributed by atoms with Crippen LogP contribution >= 0.6 is 0 Å². The van der Waals surface area contributed by atoms with E-state index in [1.165, 1.54) is 72.3 Å². The van der Waals surface area contributed by atoms with Gasteiger partial charge in [-0.05, 0) is 90.0 Å². The van der Waals surface area contributed by atoms with Crippen molar-refractivity contribution < 1.29 is 0 Å². The lowest BCUT2D eigenvalue weighted by molar-refractivity contribution is 0.794. The second-order valence-corrected chi connectivity index (χ2v) is 16.0. The SMILES string of the molecule is c1ccc(-c2ccc(-c3nc(-c4ccccc4)cc(-c4ccc(-c5cccc(-c6cccc7c6-c6ccccc6C76c7ccccc7-c7ccccc76)c5)cc4)n3)cc2)cc1. The Hall–Kier alpha value is -7.94. The first kappa shape index (κ1) is 35.0. The molecule has 0 saturated carbocycles. The molecule has 0 unspecified atom stereocenters. The second-order valence-electron chi connectivity index (χ2n) is 16.0. The predicted molar refractivity (Wildman–Crippen MR) is 251 cm³/mol. The summed E-state index contributed by atoms with van der Waals surface area (Å²) in [5.41, 5.74) is 22.3. The third-order valence-corrected chi connectivity index (χ3v) is 12.8. The number of benzene rings is 9. The molecular weight excluding hydrogens is 737 g/mol. The number of hydrogen-bond donors (Lipinski definition) is 0. The Kier molecular flexibility index (Phi) is 8.11. The maximum atomic E-state index is 5.16. The summed E-state index contributed by atoms with van der Waals surface area (Å²) < 4.78 is 0. The van der Waals surface area contributed by atoms with Crippen LogP contribution in [0.25, 0.3) is 89.5 Å². The normalized spacial score (nSPS) is 12.7. The van der Waals surface area contributed by atoms with Gasteiger partial charge >= 0.3 is 0 Å². The molecule has 9 aromatic carbocycles. The monoisotopic (exact) mass is 774 g/mol. The standard InChI is InChI=1S/C59H38N2/c1-3-15-39(16-4-1)40-31-35-44(36-32-40)58-60-55(42-17-5-2-6-18-42)38-56(61-58)43-33-29-41(30-34-43)45-19-13-20-46(37-45)47-24-14-28-54-57(47)50-23-9-12-27-53(50)59(54)51-25-10-7-21-48(51)49-22-8-11-26-52(49)59/h1-38H. The fourth-order valence-electron chi connectivity index (χ4n) is 10.0. The highest BCUT2D eigenvalue weighted by Gasteiger charge is 2.51. The van der Waals surface area contributed by atoms with Crippen LogP contribution in [0, 0.1) is 0 Å². The van der Waals surface area contributed by atoms with Crippen molar-refractivity contribution in [1.82, 2.24) is 9.97 Å². The first-order valence-electron chi connectivity index (χ1n) is 21.0. The van der Waals surface area contributed by atoms with Gasteiger partial charge < -0.3 is 0 Å². The molecule has 0 N–H and O–H groups in total. The van der Waals surface area contributed by atoms with Crippen molar-refractivity contribution in [1.29, 1.82) is 0 Å². The fraction of sp³-hybridized carbons (Fsp3) is 0.0169. The van der Waals surface area contributed by atoms with Crippen molar-refractivity contribution >= 4 is 0 Å². The van der Waals surface area contributed by atoms with Gasteiger partial charge in [-0.3, -0.25) is 0 Å². The molecule has 2 nitrogen and oxygen atoms in total. The van der Waals surface area contributed by atoms with Gasteiger partial charge in [0.2, 0.25) is 0 Å². The summed E-state index contributed by atoms with van der Waals surface area (Å²) in [5, 5.41) is 0. The van der Waals surface area contributed by atoms with E-state index < -0.39 is 0 Å². The minimum atomic E-state index is -0.366. The summed E-state index contributed by atoms with van der Waals surface area (Å²) in [6.45, 7) is 0. The molecule has 284 valence electrons. The van der Waals surface area contributed by atoms with E-state index >= 15 is 0 Å². The van der Waals surface area contributed by atoms with Gasteiger partial charge in [0.25, 0.3) is 0 Å². The van der Waals surface area contributed by atoms with E-state index in [1.807, 2.05) is 12.1 Å². The smallest absolute Gasteiger partial charge is 0.160 e. The molecule has 0 atom stereocenters. The van der Waals surface area contributed by atoms with Crippen molar-refractivity contribution in [2.45, 2.75) is 5.41 Å². The quantitative estimate of drug-likeness (QED) is 0.168. The zero-order valence-electron chi connectivity index (χ0n) is 33.3. The molecule has 1 heterocycles. The van der Waals surface area contributed by atoms with Crippen LogP contribution in [0.4, 0.5) is 0 Å². The Morgan fingerprint density at radius 2 is 0.639 bits per heavy atom. The van der Waals surface area contributed by atoms with Crippen molar-refractivity contribution in [3.05, 3.63) is 253 Å². The highest BCUT2D eigenvalue weighted by atomic mass is 14.9. The summed E-state index contributed by atoms with van der Waals surface area (Å²) in [7, 11) is 0. The Morgan fingerprint density at radius 1 is 0.246 bits per heavy atom. The number of aromatic nitrogens is 2. The van der Waals surface area contributed by atoms with E-state index in [4.69, 9.17) is 9.97 Å². The van der Waals surface area contributed by atoms with Crippen LogP contribution in [-0.4, -0.2) is 9.97 Å². The average molecular weight is 775 g/mol. The Balaban J connectivity index is 0.926. The van der Waals surface area contributed by atoms with Crippen molar-refractivity contribution in [3.8, 4) is 89.5 Å². The van der Waals surface area contributed by atoms with E-state index in [-0.39, 0.29) is 5.41 Å². The molecule has 0 amide bonds. The molecule has 0 bridgehead atoms. The molecule has 1 aromatic heterocycles. The first-order chi connectivity index (χ1) is 30.2. The van der Waals surface area contributed by atoms with E-state index in [0.29, 0.717) is 5.82 Å². The largest absolute Gasteiger partial charge is 0.228 e. The molecule has 0 saturated heterocycles. The Bertz CT molecular complexity index is 3230. The van der Waals surface area contributed by atoms with Crippen LogP contribution in [0.5, 0.6) is 0 Å². The van der Waals surface area contributed by atoms with Gasteiger partial charge in [0, 0.05) is 16.7 Å². The molecule has 2 aliphatic carbocycles. The van der Waals surface area contributed by atoms with Gasteiger partial charge in [-0.15, -0.1) is 0 Å². The lowest BCUT2D eigenvalue weighted by Gasteiger charge is -2.30. The zero-order valence-corrected chi connectivity index (χ0v) is 33.3. The molecule has 0 aliphatic heterocycles. The molecule has 10 aromatic rings. The number of rotatable bonds is 6. The number of fused-ring (bicyclic) bond motifs is 10. The van der Waals surface area contributed by atoms with Gasteiger partial charge in [-0.25, -0.2) is 9.97 Å². The molecular formula is C59H38N2. The van der Waals surface area contributed by atoms with Gasteiger partial charge in [0.05, 0.1) is 16.8 Å². The second kappa shape index (κ2) is 14.1. The van der Waals surface area contributed by atoms with Crippen LogP contribution in [0.3, 0.4) is 0 Å². The lowest BCUT2D eigenvalue weighted by atomic mass is 9.70. The molecule has 0 fully saturated rings. The van der Waals surface area contributed by atoms with Gasteiger partial charge in [0.15, 0.2) is 5.82 Å². The molecule has 2 heteroatoms. The summed E-state index contributed by atoms with van der Waals surface area (Å²) in [4.78, 5) is 10.2. The Morgan fingerprint density at radius 3 is 1.28 bits per heavy atom. The van der Waals surface area contributed by atoms with Crippen LogP contribution in [-0.2, 0) is 5.41 Å². The molecule has 12 rings (SSSR count). The summed E-state index contributed by atoms with van der Waals surface area (Å²) >= 11 is 0. The lowest BCUT2D eigenvalue weighted by Crippen LogP contribution is -2.25. The van der Waals surface area contributed by atoms with E-state index in [0.717, 1.165) is 33.6 Å². The average Bonchev–Trinajstić information content (AvgIpc) is 3.82. The highest BCUT2D eigenvalue weighted by Crippen LogP contribution is 2.64. The molecule has 2 aliphatic rings. The topological polar surface area (TPSA) is 25.8 Å². The fourth-order valence-corrected chi connectivity index (χ4v) is 10.0. The van der Waals surface area contributed by atoms with Gasteiger partial charge in [0.1, 0.15) is 0 Å². The third kappa shape index (κ3) is 5.57. The van der Waals surface area contributed by atoms with Crippen LogP contribution in [0.2, 0.25) is 0 Å². The van der Waals surface area contributed by atoms with Crippen LogP contribution in [0.1, 0.15) is 22.3 Å². The summed E-state index contributed by atoms with van der Waals surface area (Å²) in [6, 6.07) is 83.3. The number of hydrogen-bond acceptors (Lipinski definition) is 2. The van der Waals surface area contributed by atoms with E-state index in [2.05, 4.69) is 218 Å². The highest BCUT2D eigenvalue weighted by molar-refractivity contribution is 6.00.